The predicted molar refractivity (Wildman–Crippen MR) is 70.0 cm³/mol. The Labute approximate surface area is 108 Å². The third kappa shape index (κ3) is 2.56. The first-order valence-electron chi connectivity index (χ1n) is 6.58. The Bertz CT molecular complexity index is 413. The smallest absolute Gasteiger partial charge is 0.239 e. The lowest BCUT2D eigenvalue weighted by molar-refractivity contribution is -0.133. The van der Waals surface area contributed by atoms with Crippen LogP contribution >= 0.6 is 0 Å². The minimum atomic E-state index is 0.0296. The van der Waals surface area contributed by atoms with Gasteiger partial charge in [0.1, 0.15) is 5.82 Å². The van der Waals surface area contributed by atoms with Gasteiger partial charge in [0.2, 0.25) is 5.91 Å². The average Bonchev–Trinajstić information content (AvgIpc) is 2.97. The van der Waals surface area contributed by atoms with E-state index in [0.717, 1.165) is 38.3 Å². The Morgan fingerprint density at radius 2 is 2.33 bits per heavy atom. The van der Waals surface area contributed by atoms with Crippen molar-refractivity contribution in [3.05, 3.63) is 18.2 Å². The normalized spacial score (nSPS) is 20.3. The minimum absolute atomic E-state index is 0.0296. The number of carbonyl (C=O) groups excluding carboxylic acids is 1. The Hall–Kier alpha value is -1.36. The summed E-state index contributed by atoms with van der Waals surface area (Å²) in [7, 11) is 3.65. The van der Waals surface area contributed by atoms with E-state index in [2.05, 4.69) is 21.4 Å². The van der Waals surface area contributed by atoms with Gasteiger partial charge in [0.25, 0.3) is 0 Å². The second-order valence-corrected chi connectivity index (χ2v) is 4.99. The van der Waals surface area contributed by atoms with Crippen LogP contribution in [0.2, 0.25) is 0 Å². The van der Waals surface area contributed by atoms with Gasteiger partial charge in [-0.15, -0.1) is 0 Å². The molecule has 1 aromatic rings. The van der Waals surface area contributed by atoms with E-state index in [4.69, 9.17) is 0 Å². The molecule has 1 aliphatic rings. The average molecular weight is 250 g/mol. The van der Waals surface area contributed by atoms with Crippen molar-refractivity contribution in [1.29, 1.82) is 0 Å². The number of likely N-dealkylation sites (N-methyl/N-ethyl adjacent to an activating group) is 1. The number of likely N-dealkylation sites (tertiary alicyclic amines) is 1. The summed E-state index contributed by atoms with van der Waals surface area (Å²) in [5.74, 6) is 1.26. The molecular weight excluding hydrogens is 228 g/mol. The van der Waals surface area contributed by atoms with E-state index in [-0.39, 0.29) is 11.9 Å². The van der Waals surface area contributed by atoms with Crippen LogP contribution in [0.5, 0.6) is 0 Å². The molecule has 2 rings (SSSR count). The number of aryl methyl sites for hydroxylation is 1. The molecular formula is C13H22N4O. The maximum absolute atomic E-state index is 12.1. The molecule has 1 fully saturated rings. The van der Waals surface area contributed by atoms with Crippen molar-refractivity contribution in [2.75, 3.05) is 20.6 Å². The summed E-state index contributed by atoms with van der Waals surface area (Å²) in [6, 6.07) is 0.0296. The summed E-state index contributed by atoms with van der Waals surface area (Å²) in [5, 5.41) is 0. The van der Waals surface area contributed by atoms with Crippen molar-refractivity contribution in [1.82, 2.24) is 19.4 Å². The molecule has 18 heavy (non-hydrogen) atoms. The highest BCUT2D eigenvalue weighted by Gasteiger charge is 2.32. The van der Waals surface area contributed by atoms with Crippen molar-refractivity contribution < 1.29 is 4.79 Å². The monoisotopic (exact) mass is 250 g/mol. The SMILES string of the molecule is CCn1ccnc1CN1CCC[C@H]1C(=O)N(C)C. The Balaban J connectivity index is 2.06. The van der Waals surface area contributed by atoms with Crippen LogP contribution in [0.4, 0.5) is 0 Å². The molecule has 0 aromatic carbocycles. The molecule has 5 nitrogen and oxygen atoms in total. The van der Waals surface area contributed by atoms with Crippen molar-refractivity contribution in [2.24, 2.45) is 0 Å². The fraction of sp³-hybridized carbons (Fsp3) is 0.692. The molecule has 0 saturated carbocycles. The zero-order valence-electron chi connectivity index (χ0n) is 11.5. The Morgan fingerprint density at radius 3 is 3.00 bits per heavy atom. The fourth-order valence-electron chi connectivity index (χ4n) is 2.55. The quantitative estimate of drug-likeness (QED) is 0.799. The van der Waals surface area contributed by atoms with E-state index in [1.807, 2.05) is 26.5 Å². The molecule has 2 heterocycles. The van der Waals surface area contributed by atoms with E-state index in [9.17, 15) is 4.79 Å². The van der Waals surface area contributed by atoms with Crippen LogP contribution in [0.1, 0.15) is 25.6 Å². The highest BCUT2D eigenvalue weighted by molar-refractivity contribution is 5.81. The summed E-state index contributed by atoms with van der Waals surface area (Å²) >= 11 is 0. The van der Waals surface area contributed by atoms with E-state index in [0.29, 0.717) is 0 Å². The van der Waals surface area contributed by atoms with Crippen molar-refractivity contribution >= 4 is 5.91 Å². The first kappa shape index (κ1) is 13.1. The van der Waals surface area contributed by atoms with Gasteiger partial charge in [-0.05, 0) is 26.3 Å². The van der Waals surface area contributed by atoms with E-state index >= 15 is 0 Å². The number of rotatable bonds is 4. The maximum Gasteiger partial charge on any atom is 0.239 e. The molecule has 1 saturated heterocycles. The molecule has 1 atom stereocenters. The number of carbonyl (C=O) groups is 1. The zero-order chi connectivity index (χ0) is 13.1. The first-order chi connectivity index (χ1) is 8.63. The van der Waals surface area contributed by atoms with Crippen LogP contribution in [-0.2, 0) is 17.9 Å². The number of aromatic nitrogens is 2. The maximum atomic E-state index is 12.1. The van der Waals surface area contributed by atoms with Crippen molar-refractivity contribution in [2.45, 2.75) is 38.9 Å². The molecule has 1 aromatic heterocycles. The number of nitrogens with zero attached hydrogens (tertiary/aromatic N) is 4. The molecule has 0 bridgehead atoms. The Morgan fingerprint density at radius 1 is 1.56 bits per heavy atom. The largest absolute Gasteiger partial charge is 0.347 e. The van der Waals surface area contributed by atoms with Crippen LogP contribution < -0.4 is 0 Å². The van der Waals surface area contributed by atoms with Crippen molar-refractivity contribution in [3.8, 4) is 0 Å². The van der Waals surface area contributed by atoms with Gasteiger partial charge in [0.15, 0.2) is 0 Å². The summed E-state index contributed by atoms with van der Waals surface area (Å²) in [6.07, 6.45) is 5.88. The summed E-state index contributed by atoms with van der Waals surface area (Å²) < 4.78 is 2.13. The zero-order valence-corrected chi connectivity index (χ0v) is 11.5. The van der Waals surface area contributed by atoms with E-state index < -0.39 is 0 Å². The van der Waals surface area contributed by atoms with Gasteiger partial charge in [-0.2, -0.15) is 0 Å². The van der Waals surface area contributed by atoms with Gasteiger partial charge in [-0.3, -0.25) is 9.69 Å². The predicted octanol–water partition coefficient (Wildman–Crippen LogP) is 0.956. The fourth-order valence-corrected chi connectivity index (χ4v) is 2.55. The van der Waals surface area contributed by atoms with Crippen LogP contribution in [0.25, 0.3) is 0 Å². The van der Waals surface area contributed by atoms with Crippen LogP contribution in [0.15, 0.2) is 12.4 Å². The summed E-state index contributed by atoms with van der Waals surface area (Å²) in [4.78, 5) is 20.4. The first-order valence-corrected chi connectivity index (χ1v) is 6.58. The molecule has 100 valence electrons. The number of hydrogen-bond acceptors (Lipinski definition) is 3. The second kappa shape index (κ2) is 5.52. The lowest BCUT2D eigenvalue weighted by Crippen LogP contribution is -2.42. The highest BCUT2D eigenvalue weighted by atomic mass is 16.2. The second-order valence-electron chi connectivity index (χ2n) is 4.99. The molecule has 0 N–H and O–H groups in total. The molecule has 1 aliphatic heterocycles. The number of hydrogen-bond donors (Lipinski definition) is 0. The van der Waals surface area contributed by atoms with Crippen LogP contribution in [0, 0.1) is 0 Å². The standard InChI is InChI=1S/C13H22N4O/c1-4-16-9-7-14-12(16)10-17-8-5-6-11(17)13(18)15(2)3/h7,9,11H,4-6,8,10H2,1-3H3/t11-/m0/s1. The molecule has 1 amide bonds. The molecule has 0 radical (unpaired) electrons. The van der Waals surface area contributed by atoms with Gasteiger partial charge in [0, 0.05) is 33.0 Å². The van der Waals surface area contributed by atoms with Gasteiger partial charge in [-0.1, -0.05) is 0 Å². The third-order valence-electron chi connectivity index (χ3n) is 3.58. The van der Waals surface area contributed by atoms with Crippen molar-refractivity contribution in [3.63, 3.8) is 0 Å². The van der Waals surface area contributed by atoms with Gasteiger partial charge in [-0.25, -0.2) is 4.98 Å². The highest BCUT2D eigenvalue weighted by Crippen LogP contribution is 2.20. The van der Waals surface area contributed by atoms with Gasteiger partial charge >= 0.3 is 0 Å². The van der Waals surface area contributed by atoms with Crippen LogP contribution in [-0.4, -0.2) is 51.9 Å². The van der Waals surface area contributed by atoms with E-state index in [1.165, 1.54) is 0 Å². The molecule has 0 spiro atoms. The minimum Gasteiger partial charge on any atom is -0.347 e. The van der Waals surface area contributed by atoms with E-state index in [1.54, 1.807) is 4.90 Å². The lowest BCUT2D eigenvalue weighted by Gasteiger charge is -2.25. The third-order valence-corrected chi connectivity index (χ3v) is 3.58. The molecule has 5 heteroatoms. The number of imidazole rings is 1. The molecule has 0 unspecified atom stereocenters. The molecule has 0 aliphatic carbocycles. The van der Waals surface area contributed by atoms with Gasteiger partial charge < -0.3 is 9.47 Å². The summed E-state index contributed by atoms with van der Waals surface area (Å²) in [6.45, 7) is 4.79. The van der Waals surface area contributed by atoms with Crippen LogP contribution in [0.3, 0.4) is 0 Å². The topological polar surface area (TPSA) is 41.4 Å². The number of amides is 1. The Kier molecular flexibility index (Phi) is 4.01. The lowest BCUT2D eigenvalue weighted by atomic mass is 10.2. The summed E-state index contributed by atoms with van der Waals surface area (Å²) in [5.41, 5.74) is 0. The van der Waals surface area contributed by atoms with Gasteiger partial charge in [0.05, 0.1) is 12.6 Å².